The Balaban J connectivity index is 2.77. The number of rotatable bonds is 6. The van der Waals surface area contributed by atoms with Crippen molar-refractivity contribution in [2.45, 2.75) is 33.6 Å². The van der Waals surface area contributed by atoms with Gasteiger partial charge in [0.15, 0.2) is 0 Å². The van der Waals surface area contributed by atoms with Gasteiger partial charge in [0.2, 0.25) is 0 Å². The predicted molar refractivity (Wildman–Crippen MR) is 81.5 cm³/mol. The van der Waals surface area contributed by atoms with Crippen LogP contribution in [0.25, 0.3) is 0 Å². The molecule has 0 atom stereocenters. The Hall–Kier alpha value is -2.04. The van der Waals surface area contributed by atoms with Crippen LogP contribution >= 0.6 is 0 Å². The minimum Gasteiger partial charge on any atom is -0.466 e. The number of benzene rings is 1. The molecule has 116 valence electrons. The third-order valence-corrected chi connectivity index (χ3v) is 3.11. The maximum absolute atomic E-state index is 11.9. The smallest absolute Gasteiger partial charge is 0.414 e. The molecule has 0 heterocycles. The summed E-state index contributed by atoms with van der Waals surface area (Å²) in [6.07, 6.45) is 0.388. The van der Waals surface area contributed by atoms with E-state index in [9.17, 15) is 9.59 Å². The van der Waals surface area contributed by atoms with Crippen LogP contribution in [0.4, 0.5) is 10.5 Å². The van der Waals surface area contributed by atoms with Crippen molar-refractivity contribution >= 4 is 17.7 Å². The maximum Gasteiger partial charge on any atom is 0.414 e. The Morgan fingerprint density at radius 1 is 1.24 bits per heavy atom. The van der Waals surface area contributed by atoms with Crippen molar-refractivity contribution in [2.24, 2.45) is 0 Å². The molecule has 0 aliphatic rings. The molecule has 1 aromatic carbocycles. The summed E-state index contributed by atoms with van der Waals surface area (Å²) in [7, 11) is 1.35. The molecular formula is C16H23NO4. The third-order valence-electron chi connectivity index (χ3n) is 3.11. The van der Waals surface area contributed by atoms with Crippen LogP contribution in [0, 0.1) is 13.8 Å². The van der Waals surface area contributed by atoms with Gasteiger partial charge in [-0.3, -0.25) is 9.69 Å². The van der Waals surface area contributed by atoms with E-state index in [1.54, 1.807) is 11.8 Å². The molecule has 1 aromatic rings. The second-order valence-electron chi connectivity index (χ2n) is 4.82. The number of hydrogen-bond donors (Lipinski definition) is 0. The average molecular weight is 293 g/mol. The van der Waals surface area contributed by atoms with Gasteiger partial charge in [-0.25, -0.2) is 4.79 Å². The van der Waals surface area contributed by atoms with Crippen LogP contribution in [0.3, 0.4) is 0 Å². The molecule has 0 N–H and O–H groups in total. The molecule has 5 nitrogen and oxygen atoms in total. The van der Waals surface area contributed by atoms with E-state index in [0.717, 1.165) is 16.8 Å². The Kier molecular flexibility index (Phi) is 6.72. The Labute approximate surface area is 125 Å². The van der Waals surface area contributed by atoms with E-state index in [-0.39, 0.29) is 12.4 Å². The number of aryl methyl sites for hydroxylation is 2. The van der Waals surface area contributed by atoms with E-state index < -0.39 is 6.09 Å². The molecule has 0 saturated carbocycles. The standard InChI is InChI=1S/C16H23NO4/c1-5-21-15(18)7-6-10-17(16(19)20-4)14-9-8-12(2)11-13(14)3/h8-9,11H,5-7,10H2,1-4H3. The highest BCUT2D eigenvalue weighted by Gasteiger charge is 2.18. The number of carbonyl (C=O) groups is 2. The summed E-state index contributed by atoms with van der Waals surface area (Å²) in [5.74, 6) is -0.247. The first-order valence-electron chi connectivity index (χ1n) is 7.08. The fraction of sp³-hybridized carbons (Fsp3) is 0.500. The van der Waals surface area contributed by atoms with E-state index in [0.29, 0.717) is 19.6 Å². The zero-order chi connectivity index (χ0) is 15.8. The molecule has 1 amide bonds. The molecule has 5 heteroatoms. The van der Waals surface area contributed by atoms with Crippen LogP contribution in [-0.2, 0) is 14.3 Å². The van der Waals surface area contributed by atoms with E-state index in [4.69, 9.17) is 9.47 Å². The first kappa shape index (κ1) is 17.0. The minimum atomic E-state index is -0.425. The van der Waals surface area contributed by atoms with Gasteiger partial charge in [-0.15, -0.1) is 0 Å². The van der Waals surface area contributed by atoms with E-state index in [2.05, 4.69) is 0 Å². The van der Waals surface area contributed by atoms with Crippen molar-refractivity contribution in [1.29, 1.82) is 0 Å². The van der Waals surface area contributed by atoms with Gasteiger partial charge < -0.3 is 9.47 Å². The number of esters is 1. The summed E-state index contributed by atoms with van der Waals surface area (Å²) in [6, 6.07) is 5.85. The molecule has 0 aliphatic carbocycles. The number of hydrogen-bond acceptors (Lipinski definition) is 4. The number of carbonyl (C=O) groups excluding carboxylic acids is 2. The summed E-state index contributed by atoms with van der Waals surface area (Å²) >= 11 is 0. The second-order valence-corrected chi connectivity index (χ2v) is 4.82. The Morgan fingerprint density at radius 2 is 1.95 bits per heavy atom. The lowest BCUT2D eigenvalue weighted by molar-refractivity contribution is -0.143. The number of anilines is 1. The summed E-state index contributed by atoms with van der Waals surface area (Å²) < 4.78 is 9.71. The highest BCUT2D eigenvalue weighted by molar-refractivity contribution is 5.88. The topological polar surface area (TPSA) is 55.8 Å². The van der Waals surface area contributed by atoms with Gasteiger partial charge in [-0.1, -0.05) is 17.7 Å². The number of amides is 1. The molecule has 0 unspecified atom stereocenters. The van der Waals surface area contributed by atoms with Crippen molar-refractivity contribution in [3.63, 3.8) is 0 Å². The monoisotopic (exact) mass is 293 g/mol. The second kappa shape index (κ2) is 8.29. The molecule has 1 rings (SSSR count). The lowest BCUT2D eigenvalue weighted by Gasteiger charge is -2.23. The van der Waals surface area contributed by atoms with Gasteiger partial charge in [0.1, 0.15) is 0 Å². The maximum atomic E-state index is 11.9. The van der Waals surface area contributed by atoms with Crippen molar-refractivity contribution < 1.29 is 19.1 Å². The molecule has 0 aromatic heterocycles. The molecule has 0 radical (unpaired) electrons. The highest BCUT2D eigenvalue weighted by Crippen LogP contribution is 2.22. The van der Waals surface area contributed by atoms with Crippen LogP contribution in [0.15, 0.2) is 18.2 Å². The molecule has 0 bridgehead atoms. The number of methoxy groups -OCH3 is 1. The first-order chi connectivity index (χ1) is 9.99. The number of ether oxygens (including phenoxy) is 2. The van der Waals surface area contributed by atoms with Gasteiger partial charge in [-0.2, -0.15) is 0 Å². The highest BCUT2D eigenvalue weighted by atomic mass is 16.5. The molecule has 21 heavy (non-hydrogen) atoms. The third kappa shape index (κ3) is 5.10. The minimum absolute atomic E-state index is 0.247. The Morgan fingerprint density at radius 3 is 2.52 bits per heavy atom. The molecule has 0 saturated heterocycles. The summed E-state index contributed by atoms with van der Waals surface area (Å²) in [5.41, 5.74) is 2.93. The van der Waals surface area contributed by atoms with Crippen LogP contribution in [0.1, 0.15) is 30.9 Å². The van der Waals surface area contributed by atoms with E-state index >= 15 is 0 Å². The van der Waals surface area contributed by atoms with Gasteiger partial charge >= 0.3 is 12.1 Å². The van der Waals surface area contributed by atoms with Gasteiger partial charge in [0, 0.05) is 18.7 Å². The number of nitrogens with zero attached hydrogens (tertiary/aromatic N) is 1. The lowest BCUT2D eigenvalue weighted by Crippen LogP contribution is -2.32. The lowest BCUT2D eigenvalue weighted by atomic mass is 10.1. The van der Waals surface area contributed by atoms with Gasteiger partial charge in [-0.05, 0) is 38.8 Å². The normalized spacial score (nSPS) is 10.1. The largest absolute Gasteiger partial charge is 0.466 e. The fourth-order valence-electron chi connectivity index (χ4n) is 2.14. The fourth-order valence-corrected chi connectivity index (χ4v) is 2.14. The summed E-state index contributed by atoms with van der Waals surface area (Å²) in [4.78, 5) is 24.8. The zero-order valence-corrected chi connectivity index (χ0v) is 13.1. The van der Waals surface area contributed by atoms with Gasteiger partial charge in [0.25, 0.3) is 0 Å². The quantitative estimate of drug-likeness (QED) is 0.756. The van der Waals surface area contributed by atoms with Crippen molar-refractivity contribution in [2.75, 3.05) is 25.2 Å². The van der Waals surface area contributed by atoms with Crippen molar-refractivity contribution in [3.8, 4) is 0 Å². The molecule has 0 fully saturated rings. The summed E-state index contributed by atoms with van der Waals surface area (Å²) in [6.45, 7) is 6.50. The average Bonchev–Trinajstić information content (AvgIpc) is 2.44. The molecular weight excluding hydrogens is 270 g/mol. The van der Waals surface area contributed by atoms with Crippen LogP contribution in [0.2, 0.25) is 0 Å². The van der Waals surface area contributed by atoms with Crippen molar-refractivity contribution in [1.82, 2.24) is 0 Å². The van der Waals surface area contributed by atoms with Crippen LogP contribution in [-0.4, -0.2) is 32.3 Å². The molecule has 0 aliphatic heterocycles. The van der Waals surface area contributed by atoms with E-state index in [1.165, 1.54) is 7.11 Å². The zero-order valence-electron chi connectivity index (χ0n) is 13.1. The van der Waals surface area contributed by atoms with Crippen LogP contribution in [0.5, 0.6) is 0 Å². The Bertz CT molecular complexity index is 499. The van der Waals surface area contributed by atoms with Crippen LogP contribution < -0.4 is 4.90 Å². The predicted octanol–water partition coefficient (Wildman–Crippen LogP) is 3.22. The van der Waals surface area contributed by atoms with Crippen molar-refractivity contribution in [3.05, 3.63) is 29.3 Å². The summed E-state index contributed by atoms with van der Waals surface area (Å²) in [5, 5.41) is 0. The first-order valence-corrected chi connectivity index (χ1v) is 7.08. The SMILES string of the molecule is CCOC(=O)CCCN(C(=O)OC)c1ccc(C)cc1C. The molecule has 0 spiro atoms. The van der Waals surface area contributed by atoms with E-state index in [1.807, 2.05) is 32.0 Å². The van der Waals surface area contributed by atoms with Gasteiger partial charge in [0.05, 0.1) is 13.7 Å².